The maximum absolute atomic E-state index is 5.64. The Morgan fingerprint density at radius 2 is 1.69 bits per heavy atom. The van der Waals surface area contributed by atoms with Crippen LogP contribution in [0.4, 0.5) is 29.0 Å². The largest absolute Gasteiger partial charge is 0.495 e. The molecule has 0 spiro atoms. The summed E-state index contributed by atoms with van der Waals surface area (Å²) < 4.78 is 11.1. The molecule has 0 aliphatic carbocycles. The molecule has 1 saturated heterocycles. The minimum absolute atomic E-state index is 0.450. The summed E-state index contributed by atoms with van der Waals surface area (Å²) in [4.78, 5) is 24.6. The molecule has 35 heavy (non-hydrogen) atoms. The average molecular weight is 471 g/mol. The first kappa shape index (κ1) is 22.5. The van der Waals surface area contributed by atoms with Crippen LogP contribution < -0.4 is 20.3 Å². The summed E-state index contributed by atoms with van der Waals surface area (Å²) in [6.45, 7) is 5.04. The SMILES string of the molecule is COc1cc(Nc2nccc(Nc3ccnc(-c4cccc(C)n4)n3)n2)ccc1N1CCOCC1. The summed E-state index contributed by atoms with van der Waals surface area (Å²) >= 11 is 0. The van der Waals surface area contributed by atoms with Gasteiger partial charge in [-0.25, -0.2) is 19.9 Å². The van der Waals surface area contributed by atoms with Crippen LogP contribution in [0.15, 0.2) is 60.9 Å². The molecule has 1 fully saturated rings. The minimum atomic E-state index is 0.450. The first-order chi connectivity index (χ1) is 17.2. The minimum Gasteiger partial charge on any atom is -0.495 e. The predicted octanol–water partition coefficient (Wildman–Crippen LogP) is 3.97. The van der Waals surface area contributed by atoms with Gasteiger partial charge in [0.1, 0.15) is 23.1 Å². The fourth-order valence-electron chi connectivity index (χ4n) is 3.79. The zero-order valence-corrected chi connectivity index (χ0v) is 19.6. The number of aromatic nitrogens is 5. The van der Waals surface area contributed by atoms with Crippen LogP contribution in [0.3, 0.4) is 0 Å². The maximum Gasteiger partial charge on any atom is 0.229 e. The number of benzene rings is 1. The Balaban J connectivity index is 1.31. The molecule has 3 aromatic heterocycles. The Hall–Kier alpha value is -4.31. The van der Waals surface area contributed by atoms with Crippen LogP contribution in [-0.2, 0) is 4.74 Å². The number of anilines is 5. The van der Waals surface area contributed by atoms with Crippen LogP contribution in [0.2, 0.25) is 0 Å². The van der Waals surface area contributed by atoms with Gasteiger partial charge in [-0.05, 0) is 43.3 Å². The van der Waals surface area contributed by atoms with Crippen molar-refractivity contribution < 1.29 is 9.47 Å². The Bertz CT molecular complexity index is 1310. The van der Waals surface area contributed by atoms with Crippen LogP contribution in [0, 0.1) is 6.92 Å². The van der Waals surface area contributed by atoms with Gasteiger partial charge in [-0.15, -0.1) is 0 Å². The number of nitrogens with one attached hydrogen (secondary N) is 2. The molecule has 0 unspecified atom stereocenters. The summed E-state index contributed by atoms with van der Waals surface area (Å²) in [6, 6.07) is 15.3. The highest BCUT2D eigenvalue weighted by Crippen LogP contribution is 2.32. The average Bonchev–Trinajstić information content (AvgIpc) is 2.89. The van der Waals surface area contributed by atoms with Crippen LogP contribution in [0.5, 0.6) is 5.75 Å². The van der Waals surface area contributed by atoms with Gasteiger partial charge in [0.25, 0.3) is 0 Å². The summed E-state index contributed by atoms with van der Waals surface area (Å²) in [5.41, 5.74) is 3.49. The zero-order chi connectivity index (χ0) is 24.0. The summed E-state index contributed by atoms with van der Waals surface area (Å²) in [6.07, 6.45) is 3.37. The van der Waals surface area contributed by atoms with Crippen molar-refractivity contribution in [1.82, 2.24) is 24.9 Å². The number of methoxy groups -OCH3 is 1. The quantitative estimate of drug-likeness (QED) is 0.412. The van der Waals surface area contributed by atoms with Gasteiger partial charge in [0, 0.05) is 42.9 Å². The molecule has 5 rings (SSSR count). The highest BCUT2D eigenvalue weighted by atomic mass is 16.5. The van der Waals surface area contributed by atoms with Crippen LogP contribution in [0.1, 0.15) is 5.69 Å². The van der Waals surface area contributed by atoms with E-state index >= 15 is 0 Å². The van der Waals surface area contributed by atoms with Gasteiger partial charge < -0.3 is 25.0 Å². The van der Waals surface area contributed by atoms with E-state index in [1.165, 1.54) is 0 Å². The third kappa shape index (κ3) is 5.44. The molecule has 178 valence electrons. The van der Waals surface area contributed by atoms with E-state index in [1.807, 2.05) is 43.3 Å². The molecule has 10 heteroatoms. The van der Waals surface area contributed by atoms with Crippen LogP contribution in [-0.4, -0.2) is 58.3 Å². The van der Waals surface area contributed by atoms with Crippen molar-refractivity contribution in [2.45, 2.75) is 6.92 Å². The number of rotatable bonds is 7. The Morgan fingerprint density at radius 3 is 2.49 bits per heavy atom. The van der Waals surface area contributed by atoms with E-state index < -0.39 is 0 Å². The van der Waals surface area contributed by atoms with Crippen molar-refractivity contribution in [2.75, 3.05) is 48.9 Å². The van der Waals surface area contributed by atoms with Gasteiger partial charge in [-0.1, -0.05) is 6.07 Å². The molecule has 2 N–H and O–H groups in total. The van der Waals surface area contributed by atoms with E-state index in [2.05, 4.69) is 40.5 Å². The number of aryl methyl sites for hydroxylation is 1. The number of hydrogen-bond acceptors (Lipinski definition) is 10. The normalized spacial score (nSPS) is 13.4. The maximum atomic E-state index is 5.64. The summed E-state index contributed by atoms with van der Waals surface area (Å²) in [7, 11) is 1.67. The van der Waals surface area contributed by atoms with Gasteiger partial charge in [0.05, 0.1) is 26.0 Å². The number of nitrogens with zero attached hydrogens (tertiary/aromatic N) is 6. The smallest absolute Gasteiger partial charge is 0.229 e. The van der Waals surface area contributed by atoms with Crippen LogP contribution in [0.25, 0.3) is 11.5 Å². The van der Waals surface area contributed by atoms with Crippen molar-refractivity contribution in [3.05, 3.63) is 66.6 Å². The molecule has 10 nitrogen and oxygen atoms in total. The van der Waals surface area contributed by atoms with Gasteiger partial charge in [-0.2, -0.15) is 4.98 Å². The third-order valence-electron chi connectivity index (χ3n) is 5.47. The molecule has 4 heterocycles. The fourth-order valence-corrected chi connectivity index (χ4v) is 3.79. The van der Waals surface area contributed by atoms with E-state index in [-0.39, 0.29) is 0 Å². The van der Waals surface area contributed by atoms with Crippen molar-refractivity contribution >= 4 is 29.0 Å². The lowest BCUT2D eigenvalue weighted by atomic mass is 10.2. The monoisotopic (exact) mass is 470 g/mol. The van der Waals surface area contributed by atoms with E-state index in [4.69, 9.17) is 9.47 Å². The second kappa shape index (κ2) is 10.3. The summed E-state index contributed by atoms with van der Waals surface area (Å²) in [5, 5.41) is 6.47. The molecule has 0 amide bonds. The molecular weight excluding hydrogens is 444 g/mol. The Kier molecular flexibility index (Phi) is 6.62. The van der Waals surface area contributed by atoms with E-state index in [9.17, 15) is 0 Å². The lowest BCUT2D eigenvalue weighted by molar-refractivity contribution is 0.122. The molecular formula is C25H26N8O2. The standard InChI is InChI=1S/C25H26N8O2/c1-17-4-3-5-19(28-17)24-26-10-8-22(31-24)30-23-9-11-27-25(32-23)29-18-6-7-20(21(16-18)34-2)33-12-14-35-15-13-33/h3-11,16H,12-15H2,1-2H3,(H2,26,27,29,30,31,32). The lowest BCUT2D eigenvalue weighted by Crippen LogP contribution is -2.36. The molecule has 0 radical (unpaired) electrons. The summed E-state index contributed by atoms with van der Waals surface area (Å²) in [5.74, 6) is 2.98. The molecule has 0 saturated carbocycles. The topological polar surface area (TPSA) is 110 Å². The van der Waals surface area contributed by atoms with E-state index in [1.54, 1.807) is 31.6 Å². The highest BCUT2D eigenvalue weighted by molar-refractivity contribution is 5.68. The predicted molar refractivity (Wildman–Crippen MR) is 135 cm³/mol. The number of hydrogen-bond donors (Lipinski definition) is 2. The van der Waals surface area contributed by atoms with Crippen molar-refractivity contribution in [2.24, 2.45) is 0 Å². The highest BCUT2D eigenvalue weighted by Gasteiger charge is 2.16. The zero-order valence-electron chi connectivity index (χ0n) is 19.6. The van der Waals surface area contributed by atoms with Crippen LogP contribution >= 0.6 is 0 Å². The number of morpholine rings is 1. The van der Waals surface area contributed by atoms with Gasteiger partial charge in [-0.3, -0.25) is 0 Å². The van der Waals surface area contributed by atoms with Crippen molar-refractivity contribution in [3.63, 3.8) is 0 Å². The molecule has 4 aromatic rings. The van der Waals surface area contributed by atoms with E-state index in [0.717, 1.165) is 35.9 Å². The third-order valence-corrected chi connectivity index (χ3v) is 5.47. The van der Waals surface area contributed by atoms with Crippen molar-refractivity contribution in [3.8, 4) is 17.3 Å². The van der Waals surface area contributed by atoms with E-state index in [0.29, 0.717) is 42.3 Å². The molecule has 1 aliphatic rings. The van der Waals surface area contributed by atoms with Crippen molar-refractivity contribution in [1.29, 1.82) is 0 Å². The first-order valence-electron chi connectivity index (χ1n) is 11.3. The number of pyridine rings is 1. The van der Waals surface area contributed by atoms with Gasteiger partial charge >= 0.3 is 0 Å². The second-order valence-corrected chi connectivity index (χ2v) is 7.93. The molecule has 1 aliphatic heterocycles. The number of ether oxygens (including phenoxy) is 2. The Morgan fingerprint density at radius 1 is 0.886 bits per heavy atom. The lowest BCUT2D eigenvalue weighted by Gasteiger charge is -2.30. The molecule has 0 bridgehead atoms. The molecule has 1 aromatic carbocycles. The van der Waals surface area contributed by atoms with Gasteiger partial charge in [0.15, 0.2) is 5.82 Å². The fraction of sp³-hybridized carbons (Fsp3) is 0.240. The Labute approximate surface area is 203 Å². The van der Waals surface area contributed by atoms with Gasteiger partial charge in [0.2, 0.25) is 5.95 Å². The molecule has 0 atom stereocenters. The second-order valence-electron chi connectivity index (χ2n) is 7.93. The first-order valence-corrected chi connectivity index (χ1v) is 11.3.